The Morgan fingerprint density at radius 3 is 2.44 bits per heavy atom. The van der Waals surface area contributed by atoms with Gasteiger partial charge in [0, 0.05) is 12.8 Å². The summed E-state index contributed by atoms with van der Waals surface area (Å²) in [6.07, 6.45) is 15.5. The van der Waals surface area contributed by atoms with Crippen LogP contribution in [-0.2, 0) is 0 Å². The maximum absolute atomic E-state index is 3.36. The van der Waals surface area contributed by atoms with Gasteiger partial charge in [-0.05, 0) is 24.2 Å². The van der Waals surface area contributed by atoms with Crippen LogP contribution in [0, 0.1) is 29.6 Å². The van der Waals surface area contributed by atoms with Crippen molar-refractivity contribution in [3.8, 4) is 11.8 Å². The molecule has 1 fully saturated rings. The Bertz CT molecular complexity index is 267. The highest BCUT2D eigenvalue weighted by atomic mass is 16.0. The van der Waals surface area contributed by atoms with E-state index in [1.807, 2.05) is 0 Å². The van der Waals surface area contributed by atoms with Crippen LogP contribution in [0.4, 0.5) is 0 Å². The van der Waals surface area contributed by atoms with Crippen LogP contribution in [0.1, 0.15) is 77.6 Å². The zero-order valence-electron chi connectivity index (χ0n) is 12.0. The molecular formula is C17H30O. The van der Waals surface area contributed by atoms with Gasteiger partial charge in [0.05, 0.1) is 0 Å². The first-order valence-corrected chi connectivity index (χ1v) is 7.86. The first-order valence-electron chi connectivity index (χ1n) is 7.86. The van der Waals surface area contributed by atoms with Crippen LogP contribution in [0.15, 0.2) is 0 Å². The Morgan fingerprint density at radius 2 is 1.72 bits per heavy atom. The van der Waals surface area contributed by atoms with E-state index in [1.54, 1.807) is 0 Å². The number of hydrogen-bond donors (Lipinski definition) is 0. The molecule has 18 heavy (non-hydrogen) atoms. The SMILES string of the molecule is CCC1CC#CCCC1CCCC1CCCC1.O. The van der Waals surface area contributed by atoms with E-state index in [0.29, 0.717) is 0 Å². The minimum atomic E-state index is 0. The molecule has 1 saturated carbocycles. The molecule has 1 nitrogen and oxygen atoms in total. The van der Waals surface area contributed by atoms with Gasteiger partial charge in [0.15, 0.2) is 0 Å². The zero-order valence-corrected chi connectivity index (χ0v) is 12.0. The molecule has 0 radical (unpaired) electrons. The molecule has 0 aromatic carbocycles. The summed E-state index contributed by atoms with van der Waals surface area (Å²) in [6, 6.07) is 0. The lowest BCUT2D eigenvalue weighted by Gasteiger charge is -2.23. The maximum atomic E-state index is 3.36. The lowest BCUT2D eigenvalue weighted by Crippen LogP contribution is -2.13. The van der Waals surface area contributed by atoms with E-state index >= 15 is 0 Å². The zero-order chi connectivity index (χ0) is 11.9. The van der Waals surface area contributed by atoms with Crippen molar-refractivity contribution in [2.75, 3.05) is 0 Å². The molecule has 2 N–H and O–H groups in total. The average molecular weight is 250 g/mol. The van der Waals surface area contributed by atoms with Gasteiger partial charge in [-0.15, -0.1) is 11.8 Å². The predicted octanol–water partition coefficient (Wildman–Crippen LogP) is 4.35. The minimum Gasteiger partial charge on any atom is -0.412 e. The third-order valence-corrected chi connectivity index (χ3v) is 4.98. The third-order valence-electron chi connectivity index (χ3n) is 4.98. The van der Waals surface area contributed by atoms with Crippen LogP contribution >= 0.6 is 0 Å². The van der Waals surface area contributed by atoms with Crippen LogP contribution in [0.3, 0.4) is 0 Å². The summed E-state index contributed by atoms with van der Waals surface area (Å²) in [6.45, 7) is 2.35. The van der Waals surface area contributed by atoms with Crippen molar-refractivity contribution < 1.29 is 5.48 Å². The highest BCUT2D eigenvalue weighted by Crippen LogP contribution is 2.33. The molecule has 0 aromatic heterocycles. The first kappa shape index (κ1) is 15.6. The summed E-state index contributed by atoms with van der Waals surface area (Å²) in [5, 5.41) is 0. The Labute approximate surface area is 113 Å². The molecule has 0 aliphatic heterocycles. The molecule has 2 rings (SSSR count). The maximum Gasteiger partial charge on any atom is 0.0120 e. The topological polar surface area (TPSA) is 31.5 Å². The molecule has 2 aliphatic rings. The largest absolute Gasteiger partial charge is 0.412 e. The molecule has 0 spiro atoms. The predicted molar refractivity (Wildman–Crippen MR) is 78.3 cm³/mol. The van der Waals surface area contributed by atoms with Gasteiger partial charge in [-0.25, -0.2) is 0 Å². The molecular weight excluding hydrogens is 220 g/mol. The normalized spacial score (nSPS) is 28.1. The van der Waals surface area contributed by atoms with Gasteiger partial charge >= 0.3 is 0 Å². The van der Waals surface area contributed by atoms with Crippen LogP contribution in [-0.4, -0.2) is 5.48 Å². The van der Waals surface area contributed by atoms with E-state index < -0.39 is 0 Å². The van der Waals surface area contributed by atoms with Crippen molar-refractivity contribution in [3.63, 3.8) is 0 Å². The van der Waals surface area contributed by atoms with Gasteiger partial charge in [-0.1, -0.05) is 58.3 Å². The summed E-state index contributed by atoms with van der Waals surface area (Å²) < 4.78 is 0. The summed E-state index contributed by atoms with van der Waals surface area (Å²) in [4.78, 5) is 0. The van der Waals surface area contributed by atoms with E-state index in [4.69, 9.17) is 0 Å². The van der Waals surface area contributed by atoms with E-state index in [1.165, 1.54) is 64.2 Å². The second kappa shape index (κ2) is 8.59. The van der Waals surface area contributed by atoms with E-state index in [-0.39, 0.29) is 5.48 Å². The van der Waals surface area contributed by atoms with Gasteiger partial charge in [0.25, 0.3) is 0 Å². The standard InChI is InChI=1S/C17H28.H2O/c1-2-16-12-4-3-5-13-17(16)14-8-11-15-9-6-7-10-15;/h15-17H,2,5-14H2,1H3;1H2. The van der Waals surface area contributed by atoms with Crippen molar-refractivity contribution in [1.82, 2.24) is 0 Å². The van der Waals surface area contributed by atoms with Crippen molar-refractivity contribution in [2.45, 2.75) is 77.6 Å². The van der Waals surface area contributed by atoms with E-state index in [2.05, 4.69) is 18.8 Å². The smallest absolute Gasteiger partial charge is 0.0120 e. The molecule has 0 heterocycles. The molecule has 0 amide bonds. The second-order valence-electron chi connectivity index (χ2n) is 6.11. The summed E-state index contributed by atoms with van der Waals surface area (Å²) in [7, 11) is 0. The first-order chi connectivity index (χ1) is 8.40. The Kier molecular flexibility index (Phi) is 7.44. The van der Waals surface area contributed by atoms with Crippen molar-refractivity contribution in [1.29, 1.82) is 0 Å². The van der Waals surface area contributed by atoms with Crippen LogP contribution in [0.5, 0.6) is 0 Å². The highest BCUT2D eigenvalue weighted by Gasteiger charge is 2.21. The third kappa shape index (κ3) is 4.65. The summed E-state index contributed by atoms with van der Waals surface area (Å²) >= 11 is 0. The van der Waals surface area contributed by atoms with E-state index in [0.717, 1.165) is 24.2 Å². The van der Waals surface area contributed by atoms with Gasteiger partial charge in [-0.2, -0.15) is 0 Å². The van der Waals surface area contributed by atoms with Gasteiger partial charge in [0.2, 0.25) is 0 Å². The lowest BCUT2D eigenvalue weighted by atomic mass is 9.81. The molecule has 2 aliphatic carbocycles. The Hall–Kier alpha value is -0.480. The summed E-state index contributed by atoms with van der Waals surface area (Å²) in [5.74, 6) is 9.62. The fraction of sp³-hybridized carbons (Fsp3) is 0.882. The number of hydrogen-bond acceptors (Lipinski definition) is 0. The molecule has 2 unspecified atom stereocenters. The van der Waals surface area contributed by atoms with Crippen molar-refractivity contribution >= 4 is 0 Å². The molecule has 104 valence electrons. The minimum absolute atomic E-state index is 0. The molecule has 2 atom stereocenters. The van der Waals surface area contributed by atoms with Crippen LogP contribution in [0.2, 0.25) is 0 Å². The van der Waals surface area contributed by atoms with Gasteiger partial charge in [-0.3, -0.25) is 0 Å². The fourth-order valence-corrected chi connectivity index (χ4v) is 3.78. The molecule has 1 heteroatoms. The van der Waals surface area contributed by atoms with Crippen molar-refractivity contribution in [3.05, 3.63) is 0 Å². The fourth-order valence-electron chi connectivity index (χ4n) is 3.78. The van der Waals surface area contributed by atoms with Crippen molar-refractivity contribution in [2.24, 2.45) is 17.8 Å². The van der Waals surface area contributed by atoms with Gasteiger partial charge < -0.3 is 5.48 Å². The van der Waals surface area contributed by atoms with Gasteiger partial charge in [0.1, 0.15) is 0 Å². The lowest BCUT2D eigenvalue weighted by molar-refractivity contribution is 0.281. The Morgan fingerprint density at radius 1 is 0.944 bits per heavy atom. The quantitative estimate of drug-likeness (QED) is 0.650. The van der Waals surface area contributed by atoms with E-state index in [9.17, 15) is 0 Å². The molecule has 0 bridgehead atoms. The molecule has 0 saturated heterocycles. The monoisotopic (exact) mass is 250 g/mol. The average Bonchev–Trinajstić information content (AvgIpc) is 2.75. The molecule has 0 aromatic rings. The second-order valence-corrected chi connectivity index (χ2v) is 6.11. The summed E-state index contributed by atoms with van der Waals surface area (Å²) in [5.41, 5.74) is 0. The van der Waals surface area contributed by atoms with Crippen LogP contribution < -0.4 is 0 Å². The number of rotatable bonds is 5. The highest BCUT2D eigenvalue weighted by molar-refractivity contribution is 5.03. The van der Waals surface area contributed by atoms with Crippen LogP contribution in [0.25, 0.3) is 0 Å². The Balaban J connectivity index is 0.00000162.